The van der Waals surface area contributed by atoms with Crippen molar-refractivity contribution in [2.75, 3.05) is 4.90 Å². The highest BCUT2D eigenvalue weighted by Crippen LogP contribution is 2.33. The minimum absolute atomic E-state index is 0.646. The first-order chi connectivity index (χ1) is 9.76. The van der Waals surface area contributed by atoms with E-state index < -0.39 is 0 Å². The molecule has 2 aromatic rings. The average molecular weight is 263 g/mol. The number of pyridine rings is 1. The minimum atomic E-state index is 0.646. The SMILES string of the molecule is Cc1cc(N(Cc2ccc(C#N)cc2)C2CC2)ccn1. The third-order valence-electron chi connectivity index (χ3n) is 3.64. The van der Waals surface area contributed by atoms with Gasteiger partial charge in [0.15, 0.2) is 0 Å². The molecular weight excluding hydrogens is 246 g/mol. The van der Waals surface area contributed by atoms with Crippen molar-refractivity contribution in [1.29, 1.82) is 5.26 Å². The first-order valence-corrected chi connectivity index (χ1v) is 6.94. The summed E-state index contributed by atoms with van der Waals surface area (Å²) >= 11 is 0. The van der Waals surface area contributed by atoms with Gasteiger partial charge in [-0.3, -0.25) is 4.98 Å². The Labute approximate surface area is 119 Å². The van der Waals surface area contributed by atoms with Gasteiger partial charge >= 0.3 is 0 Å². The molecule has 1 aromatic carbocycles. The van der Waals surface area contributed by atoms with E-state index in [1.165, 1.54) is 24.1 Å². The summed E-state index contributed by atoms with van der Waals surface area (Å²) in [7, 11) is 0. The van der Waals surface area contributed by atoms with Crippen LogP contribution in [0.3, 0.4) is 0 Å². The number of nitriles is 1. The Morgan fingerprint density at radius 2 is 2.00 bits per heavy atom. The highest BCUT2D eigenvalue weighted by Gasteiger charge is 2.29. The van der Waals surface area contributed by atoms with Crippen LogP contribution in [-0.2, 0) is 6.54 Å². The number of hydrogen-bond acceptors (Lipinski definition) is 3. The zero-order chi connectivity index (χ0) is 13.9. The Bertz CT molecular complexity index is 636. The van der Waals surface area contributed by atoms with Crippen LogP contribution >= 0.6 is 0 Å². The van der Waals surface area contributed by atoms with Crippen molar-refractivity contribution < 1.29 is 0 Å². The fraction of sp³-hybridized carbons (Fsp3) is 0.294. The summed E-state index contributed by atoms with van der Waals surface area (Å²) in [5.74, 6) is 0. The standard InChI is InChI=1S/C17H17N3/c1-13-10-17(8-9-19-13)20(16-6-7-16)12-15-4-2-14(11-18)3-5-15/h2-5,8-10,16H,6-7,12H2,1H3. The molecule has 0 amide bonds. The molecular formula is C17H17N3. The summed E-state index contributed by atoms with van der Waals surface area (Å²) in [5.41, 5.74) is 4.24. The molecule has 20 heavy (non-hydrogen) atoms. The van der Waals surface area contributed by atoms with Gasteiger partial charge in [0, 0.05) is 30.2 Å². The number of benzene rings is 1. The Kier molecular flexibility index (Phi) is 3.39. The van der Waals surface area contributed by atoms with Crippen LogP contribution in [0.1, 0.15) is 29.7 Å². The molecule has 0 atom stereocenters. The molecule has 0 bridgehead atoms. The second kappa shape index (κ2) is 5.34. The van der Waals surface area contributed by atoms with E-state index in [0.29, 0.717) is 11.6 Å². The molecule has 100 valence electrons. The molecule has 1 heterocycles. The zero-order valence-corrected chi connectivity index (χ0v) is 11.6. The van der Waals surface area contributed by atoms with Gasteiger partial charge in [0.1, 0.15) is 0 Å². The normalized spacial score (nSPS) is 13.8. The third-order valence-corrected chi connectivity index (χ3v) is 3.64. The maximum Gasteiger partial charge on any atom is 0.0991 e. The molecule has 1 aliphatic rings. The smallest absolute Gasteiger partial charge is 0.0991 e. The topological polar surface area (TPSA) is 39.9 Å². The predicted octanol–water partition coefficient (Wildman–Crippen LogP) is 3.43. The van der Waals surface area contributed by atoms with E-state index in [2.05, 4.69) is 28.1 Å². The van der Waals surface area contributed by atoms with Crippen molar-refractivity contribution in [2.45, 2.75) is 32.4 Å². The lowest BCUT2D eigenvalue weighted by molar-refractivity contribution is 0.792. The van der Waals surface area contributed by atoms with Gasteiger partial charge in [0.25, 0.3) is 0 Å². The molecule has 0 aliphatic heterocycles. The van der Waals surface area contributed by atoms with Crippen molar-refractivity contribution in [3.05, 3.63) is 59.4 Å². The molecule has 1 aromatic heterocycles. The fourth-order valence-corrected chi connectivity index (χ4v) is 2.41. The highest BCUT2D eigenvalue weighted by atomic mass is 15.2. The third kappa shape index (κ3) is 2.80. The molecule has 0 radical (unpaired) electrons. The largest absolute Gasteiger partial charge is 0.364 e. The van der Waals surface area contributed by atoms with E-state index in [1.54, 1.807) is 0 Å². The lowest BCUT2D eigenvalue weighted by Crippen LogP contribution is -2.25. The van der Waals surface area contributed by atoms with Crippen LogP contribution in [0.2, 0.25) is 0 Å². The number of anilines is 1. The van der Waals surface area contributed by atoms with Crippen LogP contribution in [0.15, 0.2) is 42.6 Å². The van der Waals surface area contributed by atoms with Gasteiger partial charge in [-0.2, -0.15) is 5.26 Å². The summed E-state index contributed by atoms with van der Waals surface area (Å²) in [4.78, 5) is 6.71. The van der Waals surface area contributed by atoms with Crippen LogP contribution in [0, 0.1) is 18.3 Å². The van der Waals surface area contributed by atoms with Crippen molar-refractivity contribution in [3.8, 4) is 6.07 Å². The van der Waals surface area contributed by atoms with Gasteiger partial charge in [0.2, 0.25) is 0 Å². The predicted molar refractivity (Wildman–Crippen MR) is 79.3 cm³/mol. The average Bonchev–Trinajstić information content (AvgIpc) is 3.30. The van der Waals surface area contributed by atoms with Crippen LogP contribution < -0.4 is 4.90 Å². The molecule has 0 unspecified atom stereocenters. The molecule has 3 rings (SSSR count). The van der Waals surface area contributed by atoms with Crippen LogP contribution in [0.4, 0.5) is 5.69 Å². The van der Waals surface area contributed by atoms with Gasteiger partial charge in [-0.15, -0.1) is 0 Å². The van der Waals surface area contributed by atoms with Crippen LogP contribution in [0.5, 0.6) is 0 Å². The molecule has 1 fully saturated rings. The Morgan fingerprint density at radius 1 is 1.25 bits per heavy atom. The van der Waals surface area contributed by atoms with Gasteiger partial charge in [0.05, 0.1) is 11.6 Å². The molecule has 3 nitrogen and oxygen atoms in total. The molecule has 0 saturated heterocycles. The summed E-state index contributed by atoms with van der Waals surface area (Å²) in [6.45, 7) is 2.91. The summed E-state index contributed by atoms with van der Waals surface area (Å²) in [5, 5.41) is 8.85. The quantitative estimate of drug-likeness (QED) is 0.848. The summed E-state index contributed by atoms with van der Waals surface area (Å²) in [6.07, 6.45) is 4.40. The molecule has 1 aliphatic carbocycles. The molecule has 0 N–H and O–H groups in total. The summed E-state index contributed by atoms with van der Waals surface area (Å²) in [6, 6.07) is 14.9. The Balaban J connectivity index is 1.82. The van der Waals surface area contributed by atoms with E-state index in [0.717, 1.165) is 12.2 Å². The lowest BCUT2D eigenvalue weighted by atomic mass is 10.1. The monoisotopic (exact) mass is 263 g/mol. The van der Waals surface area contributed by atoms with Gasteiger partial charge < -0.3 is 4.90 Å². The Morgan fingerprint density at radius 3 is 2.60 bits per heavy atom. The van der Waals surface area contributed by atoms with Crippen molar-refractivity contribution in [2.24, 2.45) is 0 Å². The minimum Gasteiger partial charge on any atom is -0.364 e. The van der Waals surface area contributed by atoms with E-state index in [9.17, 15) is 0 Å². The van der Waals surface area contributed by atoms with E-state index in [1.807, 2.05) is 37.4 Å². The molecule has 1 saturated carbocycles. The molecule has 3 heteroatoms. The fourth-order valence-electron chi connectivity index (χ4n) is 2.41. The summed E-state index contributed by atoms with van der Waals surface area (Å²) < 4.78 is 0. The maximum atomic E-state index is 8.85. The second-order valence-corrected chi connectivity index (χ2v) is 5.32. The van der Waals surface area contributed by atoms with Gasteiger partial charge in [-0.25, -0.2) is 0 Å². The second-order valence-electron chi connectivity index (χ2n) is 5.32. The first-order valence-electron chi connectivity index (χ1n) is 6.94. The van der Waals surface area contributed by atoms with Crippen molar-refractivity contribution in [3.63, 3.8) is 0 Å². The number of aryl methyl sites for hydroxylation is 1. The number of rotatable bonds is 4. The highest BCUT2D eigenvalue weighted by molar-refractivity contribution is 5.49. The first kappa shape index (κ1) is 12.7. The van der Waals surface area contributed by atoms with E-state index >= 15 is 0 Å². The molecule has 0 spiro atoms. The van der Waals surface area contributed by atoms with Crippen LogP contribution in [-0.4, -0.2) is 11.0 Å². The van der Waals surface area contributed by atoms with Crippen molar-refractivity contribution >= 4 is 5.69 Å². The van der Waals surface area contributed by atoms with Crippen LogP contribution in [0.25, 0.3) is 0 Å². The van der Waals surface area contributed by atoms with Gasteiger partial charge in [-0.1, -0.05) is 12.1 Å². The van der Waals surface area contributed by atoms with E-state index in [4.69, 9.17) is 5.26 Å². The van der Waals surface area contributed by atoms with Gasteiger partial charge in [-0.05, 0) is 49.6 Å². The Hall–Kier alpha value is -2.34. The number of nitrogens with zero attached hydrogens (tertiary/aromatic N) is 3. The number of aromatic nitrogens is 1. The lowest BCUT2D eigenvalue weighted by Gasteiger charge is -2.25. The van der Waals surface area contributed by atoms with E-state index in [-0.39, 0.29) is 0 Å². The number of hydrogen-bond donors (Lipinski definition) is 0. The maximum absolute atomic E-state index is 8.85. The zero-order valence-electron chi connectivity index (χ0n) is 11.6. The van der Waals surface area contributed by atoms with Crippen molar-refractivity contribution in [1.82, 2.24) is 4.98 Å².